The van der Waals surface area contributed by atoms with Gasteiger partial charge >= 0.3 is 6.03 Å². The third-order valence-corrected chi connectivity index (χ3v) is 4.65. The van der Waals surface area contributed by atoms with Gasteiger partial charge in [0.25, 0.3) is 0 Å². The summed E-state index contributed by atoms with van der Waals surface area (Å²) >= 11 is 0. The number of carbonyl (C=O) groups excluding carboxylic acids is 1. The van der Waals surface area contributed by atoms with Crippen molar-refractivity contribution in [3.05, 3.63) is 12.2 Å². The third kappa shape index (κ3) is 4.42. The first-order chi connectivity index (χ1) is 11.0. The molecule has 0 aliphatic carbocycles. The molecule has 130 valence electrons. The van der Waals surface area contributed by atoms with E-state index in [2.05, 4.69) is 39.6 Å². The van der Waals surface area contributed by atoms with Crippen molar-refractivity contribution in [1.29, 1.82) is 0 Å². The highest BCUT2D eigenvalue weighted by atomic mass is 16.5. The number of aromatic nitrogens is 3. The Bertz CT molecular complexity index is 514. The van der Waals surface area contributed by atoms with E-state index in [1.807, 2.05) is 14.0 Å². The van der Waals surface area contributed by atoms with Gasteiger partial charge < -0.3 is 19.9 Å². The summed E-state index contributed by atoms with van der Waals surface area (Å²) in [6.07, 6.45) is 2.59. The lowest BCUT2D eigenvalue weighted by molar-refractivity contribution is -0.0165. The molecule has 2 N–H and O–H groups in total. The lowest BCUT2D eigenvalue weighted by Crippen LogP contribution is -2.57. The number of rotatable bonds is 6. The molecule has 8 heteroatoms. The molecule has 0 saturated carbocycles. The Morgan fingerprint density at radius 2 is 2.17 bits per heavy atom. The van der Waals surface area contributed by atoms with E-state index in [1.54, 1.807) is 10.9 Å². The monoisotopic (exact) mass is 324 g/mol. The molecule has 1 saturated heterocycles. The van der Waals surface area contributed by atoms with Gasteiger partial charge in [-0.2, -0.15) is 0 Å². The predicted octanol–water partition coefficient (Wildman–Crippen LogP) is 0.676. The number of aryl methyl sites for hydroxylation is 1. The van der Waals surface area contributed by atoms with Crippen molar-refractivity contribution in [2.24, 2.45) is 7.05 Å². The molecule has 0 bridgehead atoms. The molecular formula is C15H28N6O2. The van der Waals surface area contributed by atoms with Crippen LogP contribution in [0.4, 0.5) is 4.79 Å². The third-order valence-electron chi connectivity index (χ3n) is 4.65. The maximum atomic E-state index is 12.2. The van der Waals surface area contributed by atoms with Crippen LogP contribution in [0.1, 0.15) is 39.1 Å². The highest BCUT2D eigenvalue weighted by Crippen LogP contribution is 2.20. The van der Waals surface area contributed by atoms with Crippen LogP contribution in [0, 0.1) is 0 Å². The summed E-state index contributed by atoms with van der Waals surface area (Å²) in [7, 11) is 1.86. The van der Waals surface area contributed by atoms with Crippen LogP contribution in [-0.2, 0) is 11.8 Å². The highest BCUT2D eigenvalue weighted by Gasteiger charge is 2.31. The Morgan fingerprint density at radius 1 is 1.48 bits per heavy atom. The molecule has 1 aliphatic rings. The molecule has 1 aromatic heterocycles. The topological polar surface area (TPSA) is 84.3 Å². The Hall–Kier alpha value is -1.67. The minimum absolute atomic E-state index is 0.0604. The number of hydrogen-bond acceptors (Lipinski definition) is 5. The maximum absolute atomic E-state index is 12.2. The van der Waals surface area contributed by atoms with E-state index < -0.39 is 0 Å². The quantitative estimate of drug-likeness (QED) is 0.804. The molecule has 2 rings (SSSR count). The van der Waals surface area contributed by atoms with Gasteiger partial charge in [0.15, 0.2) is 5.82 Å². The van der Waals surface area contributed by atoms with Gasteiger partial charge in [-0.25, -0.2) is 4.79 Å². The predicted molar refractivity (Wildman–Crippen MR) is 87.0 cm³/mol. The highest BCUT2D eigenvalue weighted by molar-refractivity contribution is 5.74. The van der Waals surface area contributed by atoms with Gasteiger partial charge in [0, 0.05) is 32.2 Å². The fourth-order valence-electron chi connectivity index (χ4n) is 2.83. The maximum Gasteiger partial charge on any atom is 0.315 e. The number of nitrogens with zero attached hydrogens (tertiary/aromatic N) is 4. The van der Waals surface area contributed by atoms with Crippen molar-refractivity contribution < 1.29 is 9.53 Å². The van der Waals surface area contributed by atoms with Crippen LogP contribution in [0.15, 0.2) is 6.33 Å². The Morgan fingerprint density at radius 3 is 2.74 bits per heavy atom. The Kier molecular flexibility index (Phi) is 5.95. The van der Waals surface area contributed by atoms with Gasteiger partial charge in [-0.3, -0.25) is 4.90 Å². The first-order valence-electron chi connectivity index (χ1n) is 8.17. The zero-order chi connectivity index (χ0) is 16.9. The van der Waals surface area contributed by atoms with E-state index in [9.17, 15) is 4.79 Å². The van der Waals surface area contributed by atoms with Crippen LogP contribution >= 0.6 is 0 Å². The molecule has 1 aliphatic heterocycles. The van der Waals surface area contributed by atoms with Crippen molar-refractivity contribution in [2.45, 2.75) is 38.8 Å². The summed E-state index contributed by atoms with van der Waals surface area (Å²) in [6.45, 7) is 10.1. The van der Waals surface area contributed by atoms with E-state index in [0.717, 1.165) is 38.5 Å². The van der Waals surface area contributed by atoms with Crippen LogP contribution in [-0.4, -0.2) is 64.1 Å². The normalized spacial score (nSPS) is 19.8. The summed E-state index contributed by atoms with van der Waals surface area (Å²) in [5.41, 5.74) is -0.0604. The zero-order valence-corrected chi connectivity index (χ0v) is 14.5. The number of ether oxygens (including phenoxy) is 1. The fourth-order valence-corrected chi connectivity index (χ4v) is 2.83. The smallest absolute Gasteiger partial charge is 0.315 e. The van der Waals surface area contributed by atoms with Crippen LogP contribution in [0.3, 0.4) is 0 Å². The van der Waals surface area contributed by atoms with Crippen molar-refractivity contribution >= 4 is 6.03 Å². The van der Waals surface area contributed by atoms with Gasteiger partial charge in [-0.1, -0.05) is 6.92 Å². The van der Waals surface area contributed by atoms with Gasteiger partial charge in [0.05, 0.1) is 19.3 Å². The molecule has 2 unspecified atom stereocenters. The summed E-state index contributed by atoms with van der Waals surface area (Å²) in [5.74, 6) is 0.728. The second-order valence-electron chi connectivity index (χ2n) is 6.30. The Balaban J connectivity index is 1.85. The molecule has 2 atom stereocenters. The average molecular weight is 324 g/mol. The summed E-state index contributed by atoms with van der Waals surface area (Å²) < 4.78 is 7.21. The van der Waals surface area contributed by atoms with E-state index in [4.69, 9.17) is 4.74 Å². The number of carbonyl (C=O) groups is 1. The van der Waals surface area contributed by atoms with E-state index in [0.29, 0.717) is 6.54 Å². The first-order valence-corrected chi connectivity index (χ1v) is 8.17. The largest absolute Gasteiger partial charge is 0.379 e. The first kappa shape index (κ1) is 17.7. The van der Waals surface area contributed by atoms with E-state index in [1.165, 1.54) is 0 Å². The minimum Gasteiger partial charge on any atom is -0.379 e. The standard InChI is InChI=1S/C15H28N6O2/c1-5-15(3,21-6-8-23-9-7-21)10-16-14(22)18-12(2)13-19-17-11-20(13)4/h11-12H,5-10H2,1-4H3,(H2,16,18,22). The van der Waals surface area contributed by atoms with Crippen molar-refractivity contribution in [3.8, 4) is 0 Å². The SMILES string of the molecule is CCC(C)(CNC(=O)NC(C)c1nncn1C)N1CCOCC1. The molecule has 8 nitrogen and oxygen atoms in total. The number of hydrogen-bond donors (Lipinski definition) is 2. The number of urea groups is 1. The molecule has 2 heterocycles. The molecule has 1 aromatic rings. The lowest BCUT2D eigenvalue weighted by Gasteiger charge is -2.43. The number of amides is 2. The Labute approximate surface area is 137 Å². The number of nitrogens with one attached hydrogen (secondary N) is 2. The molecule has 0 spiro atoms. The van der Waals surface area contributed by atoms with Crippen LogP contribution in [0.25, 0.3) is 0 Å². The zero-order valence-electron chi connectivity index (χ0n) is 14.5. The second-order valence-corrected chi connectivity index (χ2v) is 6.30. The van der Waals surface area contributed by atoms with Crippen LogP contribution in [0.2, 0.25) is 0 Å². The summed E-state index contributed by atoms with van der Waals surface area (Å²) in [5, 5.41) is 13.7. The van der Waals surface area contributed by atoms with Gasteiger partial charge in [0.2, 0.25) is 0 Å². The van der Waals surface area contributed by atoms with Crippen molar-refractivity contribution in [1.82, 2.24) is 30.3 Å². The van der Waals surface area contributed by atoms with Crippen LogP contribution in [0.5, 0.6) is 0 Å². The van der Waals surface area contributed by atoms with E-state index >= 15 is 0 Å². The van der Waals surface area contributed by atoms with Gasteiger partial charge in [-0.15, -0.1) is 10.2 Å². The van der Waals surface area contributed by atoms with E-state index in [-0.39, 0.29) is 17.6 Å². The molecule has 0 aromatic carbocycles. The molecular weight excluding hydrogens is 296 g/mol. The van der Waals surface area contributed by atoms with Crippen molar-refractivity contribution in [2.75, 3.05) is 32.8 Å². The lowest BCUT2D eigenvalue weighted by atomic mass is 9.95. The van der Waals surface area contributed by atoms with Gasteiger partial charge in [0.1, 0.15) is 6.33 Å². The van der Waals surface area contributed by atoms with Crippen LogP contribution < -0.4 is 10.6 Å². The molecule has 1 fully saturated rings. The van der Waals surface area contributed by atoms with Gasteiger partial charge in [-0.05, 0) is 20.3 Å². The fraction of sp³-hybridized carbons (Fsp3) is 0.800. The van der Waals surface area contributed by atoms with Crippen molar-refractivity contribution in [3.63, 3.8) is 0 Å². The minimum atomic E-state index is -0.196. The second kappa shape index (κ2) is 7.74. The summed E-state index contributed by atoms with van der Waals surface area (Å²) in [4.78, 5) is 14.6. The molecule has 0 radical (unpaired) electrons. The number of morpholine rings is 1. The molecule has 2 amide bonds. The molecule has 23 heavy (non-hydrogen) atoms. The summed E-state index contributed by atoms with van der Waals surface area (Å²) in [6, 6.07) is -0.382. The average Bonchev–Trinajstić information content (AvgIpc) is 2.99.